The van der Waals surface area contributed by atoms with E-state index in [-0.39, 0.29) is 6.04 Å². The molecular formula is C15H25N3O2S. The van der Waals surface area contributed by atoms with Crippen LogP contribution in [-0.2, 0) is 16.6 Å². The quantitative estimate of drug-likeness (QED) is 0.752. The van der Waals surface area contributed by atoms with Crippen molar-refractivity contribution < 1.29 is 8.42 Å². The fraction of sp³-hybridized carbons (Fsp3) is 0.733. The Balaban J connectivity index is 1.63. The van der Waals surface area contributed by atoms with Gasteiger partial charge in [-0.15, -0.1) is 0 Å². The zero-order valence-corrected chi connectivity index (χ0v) is 13.5. The highest BCUT2D eigenvalue weighted by atomic mass is 32.2. The molecule has 3 N–H and O–H groups in total. The molecule has 0 bridgehead atoms. The second-order valence-corrected chi connectivity index (χ2v) is 8.37. The molecular weight excluding hydrogens is 286 g/mol. The minimum absolute atomic E-state index is 0.0629. The molecule has 2 saturated carbocycles. The number of aromatic amines is 1. The van der Waals surface area contributed by atoms with Crippen molar-refractivity contribution in [3.8, 4) is 0 Å². The maximum Gasteiger partial charge on any atom is 0.242 e. The van der Waals surface area contributed by atoms with Gasteiger partial charge in [0.25, 0.3) is 0 Å². The van der Waals surface area contributed by atoms with Gasteiger partial charge in [-0.2, -0.15) is 0 Å². The molecule has 2 fully saturated rings. The van der Waals surface area contributed by atoms with Gasteiger partial charge in [0.1, 0.15) is 0 Å². The monoisotopic (exact) mass is 311 g/mol. The van der Waals surface area contributed by atoms with Gasteiger partial charge < -0.3 is 10.3 Å². The molecule has 1 aromatic heterocycles. The lowest BCUT2D eigenvalue weighted by molar-refractivity contribution is 0.402. The van der Waals surface area contributed by atoms with Crippen LogP contribution in [-0.4, -0.2) is 25.5 Å². The van der Waals surface area contributed by atoms with E-state index in [2.05, 4.69) is 28.9 Å². The number of nitrogens with one attached hydrogen (secondary N) is 3. The highest BCUT2D eigenvalue weighted by Gasteiger charge is 2.33. The van der Waals surface area contributed by atoms with Crippen molar-refractivity contribution in [2.45, 2.75) is 63.1 Å². The van der Waals surface area contributed by atoms with Crippen LogP contribution in [0.2, 0.25) is 0 Å². The molecule has 1 heterocycles. The summed E-state index contributed by atoms with van der Waals surface area (Å²) < 4.78 is 27.8. The van der Waals surface area contributed by atoms with E-state index in [1.807, 2.05) is 0 Å². The van der Waals surface area contributed by atoms with Crippen LogP contribution in [0.25, 0.3) is 0 Å². The Hall–Kier alpha value is -0.850. The van der Waals surface area contributed by atoms with Crippen molar-refractivity contribution in [3.63, 3.8) is 0 Å². The van der Waals surface area contributed by atoms with Gasteiger partial charge in [-0.1, -0.05) is 13.8 Å². The van der Waals surface area contributed by atoms with Crippen LogP contribution in [0.4, 0.5) is 0 Å². The summed E-state index contributed by atoms with van der Waals surface area (Å²) in [6.07, 6.45) is 6.08. The normalized spacial score (nSPS) is 29.9. The van der Waals surface area contributed by atoms with Gasteiger partial charge in [0.15, 0.2) is 0 Å². The van der Waals surface area contributed by atoms with Crippen LogP contribution < -0.4 is 10.0 Å². The van der Waals surface area contributed by atoms with Gasteiger partial charge in [-0.05, 0) is 43.6 Å². The van der Waals surface area contributed by atoms with Crippen molar-refractivity contribution in [2.24, 2.45) is 11.8 Å². The zero-order chi connectivity index (χ0) is 15.0. The van der Waals surface area contributed by atoms with Crippen LogP contribution in [0, 0.1) is 11.8 Å². The van der Waals surface area contributed by atoms with Gasteiger partial charge in [-0.3, -0.25) is 0 Å². The summed E-state index contributed by atoms with van der Waals surface area (Å²) in [7, 11) is -3.41. The van der Waals surface area contributed by atoms with E-state index in [1.165, 1.54) is 12.8 Å². The predicted octanol–water partition coefficient (Wildman–Crippen LogP) is 1.98. The standard InChI is InChI=1S/C15H25N3O2S/c1-10-3-6-15(11(10)2)18-21(19,20)14-7-13(17-9-14)8-16-12-4-5-12/h7,9-12,15-18H,3-6,8H2,1-2H3. The summed E-state index contributed by atoms with van der Waals surface area (Å²) in [6.45, 7) is 5.03. The first-order chi connectivity index (χ1) is 9.95. The van der Waals surface area contributed by atoms with Crippen molar-refractivity contribution in [2.75, 3.05) is 0 Å². The molecule has 0 saturated heterocycles. The van der Waals surface area contributed by atoms with E-state index in [9.17, 15) is 8.42 Å². The van der Waals surface area contributed by atoms with E-state index in [4.69, 9.17) is 0 Å². The van der Waals surface area contributed by atoms with Crippen LogP contribution in [0.5, 0.6) is 0 Å². The topological polar surface area (TPSA) is 74.0 Å². The molecule has 2 aliphatic rings. The average molecular weight is 311 g/mol. The number of H-pyrrole nitrogens is 1. The molecule has 0 aliphatic heterocycles. The third-order valence-electron chi connectivity index (χ3n) is 4.96. The summed E-state index contributed by atoms with van der Waals surface area (Å²) in [6, 6.07) is 2.42. The van der Waals surface area contributed by atoms with E-state index >= 15 is 0 Å². The maximum atomic E-state index is 12.5. The minimum Gasteiger partial charge on any atom is -0.363 e. The molecule has 0 radical (unpaired) electrons. The predicted molar refractivity (Wildman–Crippen MR) is 82.3 cm³/mol. The smallest absolute Gasteiger partial charge is 0.242 e. The van der Waals surface area contributed by atoms with E-state index < -0.39 is 10.0 Å². The first-order valence-electron chi connectivity index (χ1n) is 7.89. The largest absolute Gasteiger partial charge is 0.363 e. The Kier molecular flexibility index (Phi) is 4.12. The third kappa shape index (κ3) is 3.49. The molecule has 0 spiro atoms. The molecule has 0 amide bonds. The Morgan fingerprint density at radius 3 is 2.62 bits per heavy atom. The second kappa shape index (κ2) is 5.74. The van der Waals surface area contributed by atoms with Gasteiger partial charge in [0, 0.05) is 30.5 Å². The van der Waals surface area contributed by atoms with E-state index in [0.717, 1.165) is 18.5 Å². The average Bonchev–Trinajstić information content (AvgIpc) is 3.06. The molecule has 0 aromatic carbocycles. The summed E-state index contributed by atoms with van der Waals surface area (Å²) in [4.78, 5) is 3.41. The summed E-state index contributed by atoms with van der Waals surface area (Å²) >= 11 is 0. The highest BCUT2D eigenvalue weighted by Crippen LogP contribution is 2.32. The van der Waals surface area contributed by atoms with Gasteiger partial charge in [-0.25, -0.2) is 13.1 Å². The van der Waals surface area contributed by atoms with Crippen LogP contribution in [0.1, 0.15) is 45.2 Å². The number of hydrogen-bond donors (Lipinski definition) is 3. The van der Waals surface area contributed by atoms with E-state index in [0.29, 0.717) is 29.3 Å². The molecule has 3 rings (SSSR count). The molecule has 118 valence electrons. The lowest BCUT2D eigenvalue weighted by Gasteiger charge is -2.19. The number of hydrogen-bond acceptors (Lipinski definition) is 3. The number of sulfonamides is 1. The third-order valence-corrected chi connectivity index (χ3v) is 6.43. The molecule has 5 nitrogen and oxygen atoms in total. The van der Waals surface area contributed by atoms with Crippen molar-refractivity contribution in [1.29, 1.82) is 0 Å². The van der Waals surface area contributed by atoms with Crippen molar-refractivity contribution in [1.82, 2.24) is 15.0 Å². The van der Waals surface area contributed by atoms with Crippen molar-refractivity contribution >= 4 is 10.0 Å². The minimum atomic E-state index is -3.41. The van der Waals surface area contributed by atoms with Gasteiger partial charge in [0.2, 0.25) is 10.0 Å². The Morgan fingerprint density at radius 1 is 1.24 bits per heavy atom. The Morgan fingerprint density at radius 2 is 2.00 bits per heavy atom. The van der Waals surface area contributed by atoms with Gasteiger partial charge >= 0.3 is 0 Å². The second-order valence-electron chi connectivity index (χ2n) is 6.66. The molecule has 1 aromatic rings. The molecule has 21 heavy (non-hydrogen) atoms. The van der Waals surface area contributed by atoms with Crippen molar-refractivity contribution in [3.05, 3.63) is 18.0 Å². The van der Waals surface area contributed by atoms with Crippen LogP contribution >= 0.6 is 0 Å². The lowest BCUT2D eigenvalue weighted by atomic mass is 9.98. The first kappa shape index (κ1) is 15.1. The van der Waals surface area contributed by atoms with E-state index in [1.54, 1.807) is 12.3 Å². The number of rotatable bonds is 6. The highest BCUT2D eigenvalue weighted by molar-refractivity contribution is 7.89. The number of aromatic nitrogens is 1. The Labute approximate surface area is 127 Å². The summed E-state index contributed by atoms with van der Waals surface area (Å²) in [5, 5.41) is 3.38. The summed E-state index contributed by atoms with van der Waals surface area (Å²) in [5.41, 5.74) is 0.926. The van der Waals surface area contributed by atoms with Crippen LogP contribution in [0.3, 0.4) is 0 Å². The van der Waals surface area contributed by atoms with Gasteiger partial charge in [0.05, 0.1) is 4.90 Å². The molecule has 3 unspecified atom stereocenters. The molecule has 2 aliphatic carbocycles. The molecule has 3 atom stereocenters. The fourth-order valence-corrected chi connectivity index (χ4v) is 4.39. The summed E-state index contributed by atoms with van der Waals surface area (Å²) in [5.74, 6) is 0.983. The van der Waals surface area contributed by atoms with Crippen LogP contribution in [0.15, 0.2) is 17.2 Å². The zero-order valence-electron chi connectivity index (χ0n) is 12.7. The first-order valence-corrected chi connectivity index (χ1v) is 9.37. The Bertz CT molecular complexity index is 592. The lowest BCUT2D eigenvalue weighted by Crippen LogP contribution is -2.37. The molecule has 6 heteroatoms. The SMILES string of the molecule is CC1CCC(NS(=O)(=O)c2c[nH]c(CNC3CC3)c2)C1C. The fourth-order valence-electron chi connectivity index (χ4n) is 3.02. The maximum absolute atomic E-state index is 12.5.